The van der Waals surface area contributed by atoms with Gasteiger partial charge in [0.1, 0.15) is 5.75 Å². The number of rotatable bonds is 4. The number of hydrogen-bond acceptors (Lipinski definition) is 5. The predicted molar refractivity (Wildman–Crippen MR) is 90.2 cm³/mol. The molecule has 0 aliphatic heterocycles. The van der Waals surface area contributed by atoms with Gasteiger partial charge in [0.25, 0.3) is 0 Å². The summed E-state index contributed by atoms with van der Waals surface area (Å²) in [5.74, 6) is 1.44. The maximum Gasteiger partial charge on any atom is 0.161 e. The zero-order valence-corrected chi connectivity index (χ0v) is 13.0. The second-order valence-corrected chi connectivity index (χ2v) is 5.30. The monoisotopic (exact) mass is 310 g/mol. The lowest BCUT2D eigenvalue weighted by Gasteiger charge is -2.12. The van der Waals surface area contributed by atoms with Crippen molar-refractivity contribution in [3.05, 3.63) is 53.9 Å². The number of aromatic nitrogens is 1. The molecule has 1 heterocycles. The van der Waals surface area contributed by atoms with Crippen LogP contribution in [0.25, 0.3) is 10.8 Å². The van der Waals surface area contributed by atoms with Crippen LogP contribution in [0.3, 0.4) is 0 Å². The Labute approximate surface area is 134 Å². The average molecular weight is 310 g/mol. The van der Waals surface area contributed by atoms with E-state index in [2.05, 4.69) is 4.98 Å². The van der Waals surface area contributed by atoms with Crippen molar-refractivity contribution in [1.82, 2.24) is 4.98 Å². The number of aromatic hydroxyl groups is 1. The van der Waals surface area contributed by atoms with Crippen molar-refractivity contribution in [2.24, 2.45) is 0 Å². The number of hydrogen-bond donors (Lipinski definition) is 2. The second kappa shape index (κ2) is 6.04. The number of fused-ring (bicyclic) bond motifs is 1. The van der Waals surface area contributed by atoms with Gasteiger partial charge in [0, 0.05) is 17.8 Å². The van der Waals surface area contributed by atoms with Crippen LogP contribution in [0.1, 0.15) is 11.1 Å². The molecule has 3 rings (SSSR count). The van der Waals surface area contributed by atoms with Gasteiger partial charge < -0.3 is 20.3 Å². The van der Waals surface area contributed by atoms with Crippen molar-refractivity contribution in [3.63, 3.8) is 0 Å². The Morgan fingerprint density at radius 2 is 1.78 bits per heavy atom. The first-order valence-corrected chi connectivity index (χ1v) is 7.18. The first-order valence-electron chi connectivity index (χ1n) is 7.18. The molecule has 5 nitrogen and oxygen atoms in total. The summed E-state index contributed by atoms with van der Waals surface area (Å²) in [6.45, 7) is 0. The Morgan fingerprint density at radius 3 is 2.48 bits per heavy atom. The molecule has 2 aromatic carbocycles. The summed E-state index contributed by atoms with van der Waals surface area (Å²) < 4.78 is 10.7. The minimum Gasteiger partial charge on any atom is -0.506 e. The highest BCUT2D eigenvalue weighted by Crippen LogP contribution is 2.34. The summed E-state index contributed by atoms with van der Waals surface area (Å²) >= 11 is 0. The Hall–Kier alpha value is -2.95. The first kappa shape index (κ1) is 15.0. The van der Waals surface area contributed by atoms with Crippen LogP contribution in [0.4, 0.5) is 5.69 Å². The largest absolute Gasteiger partial charge is 0.506 e. The van der Waals surface area contributed by atoms with Gasteiger partial charge in [-0.1, -0.05) is 6.07 Å². The van der Waals surface area contributed by atoms with E-state index in [0.29, 0.717) is 23.6 Å². The van der Waals surface area contributed by atoms with E-state index in [1.165, 1.54) is 0 Å². The predicted octanol–water partition coefficient (Wildman–Crippen LogP) is 3.13. The normalized spacial score (nSPS) is 10.7. The van der Waals surface area contributed by atoms with Crippen molar-refractivity contribution in [3.8, 4) is 17.2 Å². The lowest BCUT2D eigenvalue weighted by atomic mass is 10.00. The van der Waals surface area contributed by atoms with Crippen molar-refractivity contribution in [1.29, 1.82) is 0 Å². The minimum absolute atomic E-state index is 0.0925. The number of ether oxygens (including phenoxy) is 2. The number of phenols is 1. The Morgan fingerprint density at radius 1 is 1.04 bits per heavy atom. The van der Waals surface area contributed by atoms with Crippen LogP contribution in [0, 0.1) is 0 Å². The number of nitrogens with zero attached hydrogens (tertiary/aromatic N) is 1. The van der Waals surface area contributed by atoms with E-state index in [9.17, 15) is 5.11 Å². The fourth-order valence-corrected chi connectivity index (χ4v) is 2.62. The number of methoxy groups -OCH3 is 2. The van der Waals surface area contributed by atoms with Crippen molar-refractivity contribution in [2.45, 2.75) is 6.42 Å². The standard InChI is InChI=1S/C18H18N2O3/c1-22-17-7-13-10-20-9-12(14(13)8-18(17)23-2)5-11-3-4-15(19)16(21)6-11/h3-4,6-10,21H,5,19H2,1-2H3. The van der Waals surface area contributed by atoms with E-state index in [1.54, 1.807) is 32.5 Å². The molecule has 0 fully saturated rings. The van der Waals surface area contributed by atoms with Crippen LogP contribution in [0.15, 0.2) is 42.7 Å². The molecule has 3 aromatic rings. The van der Waals surface area contributed by atoms with Crippen LogP contribution in [0.5, 0.6) is 17.2 Å². The number of phenolic OH excluding ortho intramolecular Hbond substituents is 1. The van der Waals surface area contributed by atoms with E-state index in [1.807, 2.05) is 24.4 Å². The number of anilines is 1. The van der Waals surface area contributed by atoms with Crippen LogP contribution in [-0.4, -0.2) is 24.3 Å². The molecule has 0 atom stereocenters. The molecule has 1 aromatic heterocycles. The lowest BCUT2D eigenvalue weighted by molar-refractivity contribution is 0.356. The van der Waals surface area contributed by atoms with E-state index < -0.39 is 0 Å². The number of benzene rings is 2. The third kappa shape index (κ3) is 2.85. The summed E-state index contributed by atoms with van der Waals surface area (Å²) in [6, 6.07) is 9.13. The highest BCUT2D eigenvalue weighted by atomic mass is 16.5. The molecule has 0 radical (unpaired) electrons. The SMILES string of the molecule is COc1cc2cncc(Cc3ccc(N)c(O)c3)c2cc1OC. The van der Waals surface area contributed by atoms with Gasteiger partial charge in [-0.05, 0) is 47.2 Å². The van der Waals surface area contributed by atoms with Crippen molar-refractivity contribution < 1.29 is 14.6 Å². The second-order valence-electron chi connectivity index (χ2n) is 5.30. The molecule has 23 heavy (non-hydrogen) atoms. The van der Waals surface area contributed by atoms with E-state index >= 15 is 0 Å². The van der Waals surface area contributed by atoms with Gasteiger partial charge in [0.2, 0.25) is 0 Å². The molecule has 0 amide bonds. The maximum absolute atomic E-state index is 9.76. The summed E-state index contributed by atoms with van der Waals surface area (Å²) in [7, 11) is 3.22. The topological polar surface area (TPSA) is 77.6 Å². The van der Waals surface area contributed by atoms with Crippen LogP contribution in [-0.2, 0) is 6.42 Å². The summed E-state index contributed by atoms with van der Waals surface area (Å²) in [6.07, 6.45) is 4.25. The van der Waals surface area contributed by atoms with Gasteiger partial charge >= 0.3 is 0 Å². The van der Waals surface area contributed by atoms with Crippen LogP contribution >= 0.6 is 0 Å². The van der Waals surface area contributed by atoms with Crippen molar-refractivity contribution >= 4 is 16.5 Å². The Bertz CT molecular complexity index is 862. The third-order valence-electron chi connectivity index (χ3n) is 3.84. The molecule has 3 N–H and O–H groups in total. The molecular weight excluding hydrogens is 292 g/mol. The first-order chi connectivity index (χ1) is 11.1. The van der Waals surface area contributed by atoms with E-state index in [-0.39, 0.29) is 5.75 Å². The average Bonchev–Trinajstić information content (AvgIpc) is 2.57. The molecule has 0 spiro atoms. The molecule has 5 heteroatoms. The molecule has 0 aliphatic carbocycles. The highest BCUT2D eigenvalue weighted by molar-refractivity contribution is 5.88. The fourth-order valence-electron chi connectivity index (χ4n) is 2.62. The van der Waals surface area contributed by atoms with Gasteiger partial charge in [0.15, 0.2) is 11.5 Å². The zero-order chi connectivity index (χ0) is 16.4. The summed E-state index contributed by atoms with van der Waals surface area (Å²) in [5.41, 5.74) is 8.02. The molecule has 0 saturated heterocycles. The molecule has 0 bridgehead atoms. The van der Waals surface area contributed by atoms with Gasteiger partial charge in [0.05, 0.1) is 19.9 Å². The maximum atomic E-state index is 9.76. The third-order valence-corrected chi connectivity index (χ3v) is 3.84. The molecular formula is C18H18N2O3. The molecule has 0 aliphatic rings. The molecule has 118 valence electrons. The zero-order valence-electron chi connectivity index (χ0n) is 13.0. The lowest BCUT2D eigenvalue weighted by Crippen LogP contribution is -1.95. The van der Waals surface area contributed by atoms with Gasteiger partial charge in [-0.2, -0.15) is 0 Å². The van der Waals surface area contributed by atoms with E-state index in [0.717, 1.165) is 21.9 Å². The molecule has 0 saturated carbocycles. The fraction of sp³-hybridized carbons (Fsp3) is 0.167. The minimum atomic E-state index is 0.0925. The van der Waals surface area contributed by atoms with Gasteiger partial charge in [-0.3, -0.25) is 4.98 Å². The number of nitrogen functional groups attached to an aromatic ring is 1. The van der Waals surface area contributed by atoms with Crippen molar-refractivity contribution in [2.75, 3.05) is 20.0 Å². The highest BCUT2D eigenvalue weighted by Gasteiger charge is 2.10. The van der Waals surface area contributed by atoms with Gasteiger partial charge in [-0.15, -0.1) is 0 Å². The number of nitrogens with two attached hydrogens (primary N) is 1. The van der Waals surface area contributed by atoms with Gasteiger partial charge in [-0.25, -0.2) is 0 Å². The quantitative estimate of drug-likeness (QED) is 0.572. The van der Waals surface area contributed by atoms with E-state index in [4.69, 9.17) is 15.2 Å². The van der Waals surface area contributed by atoms with Crippen LogP contribution < -0.4 is 15.2 Å². The Balaban J connectivity index is 2.08. The number of pyridine rings is 1. The summed E-state index contributed by atoms with van der Waals surface area (Å²) in [5, 5.41) is 11.8. The summed E-state index contributed by atoms with van der Waals surface area (Å²) in [4.78, 5) is 4.30. The Kier molecular flexibility index (Phi) is 3.93. The molecule has 0 unspecified atom stereocenters. The smallest absolute Gasteiger partial charge is 0.161 e. The van der Waals surface area contributed by atoms with Crippen LogP contribution in [0.2, 0.25) is 0 Å².